The first-order valence-corrected chi connectivity index (χ1v) is 6.83. The second kappa shape index (κ2) is 5.70. The Bertz CT molecular complexity index is 410. The van der Waals surface area contributed by atoms with E-state index in [0.717, 1.165) is 24.3 Å². The van der Waals surface area contributed by atoms with Gasteiger partial charge in [-0.05, 0) is 37.2 Å². The molecule has 0 N–H and O–H groups in total. The molecule has 1 aliphatic rings. The van der Waals surface area contributed by atoms with Crippen molar-refractivity contribution in [1.82, 2.24) is 4.57 Å². The number of Topliss-reactive ketones (excluding diaryl/α,β-unsaturated/α-hetero) is 1. The van der Waals surface area contributed by atoms with Gasteiger partial charge in [0.2, 0.25) is 0 Å². The number of aryl methyl sites for hydroxylation is 1. The largest absolute Gasteiger partial charge is 0.370 e. The summed E-state index contributed by atoms with van der Waals surface area (Å²) in [6.45, 7) is 4.80. The Morgan fingerprint density at radius 1 is 1.39 bits per heavy atom. The molecule has 0 spiro atoms. The molecule has 0 bridgehead atoms. The maximum Gasteiger partial charge on any atom is 0.189 e. The van der Waals surface area contributed by atoms with Crippen molar-refractivity contribution in [2.45, 2.75) is 39.2 Å². The number of carbonyl (C=O) groups excluding carboxylic acids is 1. The maximum absolute atomic E-state index is 11.9. The van der Waals surface area contributed by atoms with Crippen LogP contribution in [-0.4, -0.2) is 23.1 Å². The maximum atomic E-state index is 11.9. The number of nitrogens with zero attached hydrogens (tertiary/aromatic N) is 1. The van der Waals surface area contributed by atoms with Crippen molar-refractivity contribution >= 4 is 5.78 Å². The van der Waals surface area contributed by atoms with Gasteiger partial charge in [-0.1, -0.05) is 13.8 Å². The van der Waals surface area contributed by atoms with Crippen molar-refractivity contribution in [2.24, 2.45) is 18.9 Å². The molecular weight excluding hydrogens is 226 g/mol. The van der Waals surface area contributed by atoms with E-state index in [2.05, 4.69) is 13.8 Å². The standard InChI is InChI=1S/C15H23NO2/c1-11-4-5-14(8-12(11)2)18-10-15(17)13-6-7-16(3)9-13/h6-7,9,11-12,14H,4-5,8,10H2,1-3H3. The van der Waals surface area contributed by atoms with E-state index in [4.69, 9.17) is 4.74 Å². The van der Waals surface area contributed by atoms with Gasteiger partial charge in [-0.2, -0.15) is 0 Å². The van der Waals surface area contributed by atoms with E-state index >= 15 is 0 Å². The van der Waals surface area contributed by atoms with E-state index < -0.39 is 0 Å². The first-order valence-electron chi connectivity index (χ1n) is 6.83. The summed E-state index contributed by atoms with van der Waals surface area (Å²) in [6, 6.07) is 1.84. The zero-order chi connectivity index (χ0) is 13.1. The summed E-state index contributed by atoms with van der Waals surface area (Å²) in [5.41, 5.74) is 0.745. The third-order valence-electron chi connectivity index (χ3n) is 4.15. The average molecular weight is 249 g/mol. The average Bonchev–Trinajstić information content (AvgIpc) is 2.77. The van der Waals surface area contributed by atoms with Gasteiger partial charge >= 0.3 is 0 Å². The highest BCUT2D eigenvalue weighted by Crippen LogP contribution is 2.30. The molecule has 1 aromatic heterocycles. The molecule has 0 amide bonds. The topological polar surface area (TPSA) is 31.2 Å². The number of ether oxygens (including phenoxy) is 1. The highest BCUT2D eigenvalue weighted by Gasteiger charge is 2.25. The predicted octanol–water partition coefficient (Wildman–Crippen LogP) is 3.05. The van der Waals surface area contributed by atoms with Crippen molar-refractivity contribution in [2.75, 3.05) is 6.61 Å². The van der Waals surface area contributed by atoms with E-state index in [1.54, 1.807) is 0 Å². The van der Waals surface area contributed by atoms with Crippen molar-refractivity contribution in [1.29, 1.82) is 0 Å². The lowest BCUT2D eigenvalue weighted by molar-refractivity contribution is 0.00708. The predicted molar refractivity (Wildman–Crippen MR) is 71.7 cm³/mol. The van der Waals surface area contributed by atoms with Crippen molar-refractivity contribution in [3.63, 3.8) is 0 Å². The fourth-order valence-corrected chi connectivity index (χ4v) is 2.59. The molecule has 3 atom stereocenters. The molecule has 1 aromatic rings. The summed E-state index contributed by atoms with van der Waals surface area (Å²) in [5, 5.41) is 0. The molecule has 100 valence electrons. The summed E-state index contributed by atoms with van der Waals surface area (Å²) in [5.74, 6) is 1.58. The smallest absolute Gasteiger partial charge is 0.189 e. The van der Waals surface area contributed by atoms with Crippen LogP contribution in [0.15, 0.2) is 18.5 Å². The van der Waals surface area contributed by atoms with Gasteiger partial charge in [0.1, 0.15) is 6.61 Å². The lowest BCUT2D eigenvalue weighted by Crippen LogP contribution is -2.28. The molecule has 1 heterocycles. The monoisotopic (exact) mass is 249 g/mol. The van der Waals surface area contributed by atoms with Crippen LogP contribution in [0.2, 0.25) is 0 Å². The molecule has 2 rings (SSSR count). The minimum Gasteiger partial charge on any atom is -0.370 e. The van der Waals surface area contributed by atoms with Crippen LogP contribution >= 0.6 is 0 Å². The van der Waals surface area contributed by atoms with E-state index in [0.29, 0.717) is 5.92 Å². The van der Waals surface area contributed by atoms with Gasteiger partial charge in [-0.15, -0.1) is 0 Å². The Labute approximate surface area is 109 Å². The molecule has 0 aromatic carbocycles. The molecule has 3 nitrogen and oxygen atoms in total. The molecule has 18 heavy (non-hydrogen) atoms. The van der Waals surface area contributed by atoms with Crippen LogP contribution in [-0.2, 0) is 11.8 Å². The molecule has 1 saturated carbocycles. The van der Waals surface area contributed by atoms with E-state index in [1.807, 2.05) is 30.1 Å². The van der Waals surface area contributed by atoms with Crippen LogP contribution in [0, 0.1) is 11.8 Å². The highest BCUT2D eigenvalue weighted by atomic mass is 16.5. The minimum atomic E-state index is 0.0851. The highest BCUT2D eigenvalue weighted by molar-refractivity contribution is 5.96. The molecule has 0 radical (unpaired) electrons. The number of carbonyl (C=O) groups is 1. The van der Waals surface area contributed by atoms with Gasteiger partial charge < -0.3 is 9.30 Å². The van der Waals surface area contributed by atoms with Crippen molar-refractivity contribution in [3.05, 3.63) is 24.0 Å². The third kappa shape index (κ3) is 3.22. The van der Waals surface area contributed by atoms with Crippen molar-refractivity contribution < 1.29 is 9.53 Å². The molecule has 1 fully saturated rings. The number of aromatic nitrogens is 1. The molecular formula is C15H23NO2. The molecule has 3 unspecified atom stereocenters. The van der Waals surface area contributed by atoms with Crippen molar-refractivity contribution in [3.8, 4) is 0 Å². The van der Waals surface area contributed by atoms with Crippen LogP contribution in [0.5, 0.6) is 0 Å². The zero-order valence-electron chi connectivity index (χ0n) is 11.6. The van der Waals surface area contributed by atoms with Gasteiger partial charge in [0, 0.05) is 25.0 Å². The SMILES string of the molecule is CC1CCC(OCC(=O)c2ccn(C)c2)CC1C. The first kappa shape index (κ1) is 13.3. The Hall–Kier alpha value is -1.09. The van der Waals surface area contributed by atoms with Gasteiger partial charge in [-0.25, -0.2) is 0 Å². The van der Waals surface area contributed by atoms with Crippen LogP contribution in [0.4, 0.5) is 0 Å². The van der Waals surface area contributed by atoms with E-state index in [9.17, 15) is 4.79 Å². The number of ketones is 1. The van der Waals surface area contributed by atoms with Gasteiger partial charge in [0.25, 0.3) is 0 Å². The fourth-order valence-electron chi connectivity index (χ4n) is 2.59. The quantitative estimate of drug-likeness (QED) is 0.768. The van der Waals surface area contributed by atoms with Crippen LogP contribution < -0.4 is 0 Å². The lowest BCUT2D eigenvalue weighted by atomic mass is 9.80. The summed E-state index contributed by atoms with van der Waals surface area (Å²) in [7, 11) is 1.92. The van der Waals surface area contributed by atoms with E-state index in [1.165, 1.54) is 6.42 Å². The number of hydrogen-bond donors (Lipinski definition) is 0. The van der Waals surface area contributed by atoms with Gasteiger partial charge in [0.05, 0.1) is 6.10 Å². The summed E-state index contributed by atoms with van der Waals surface area (Å²) < 4.78 is 7.65. The second-order valence-corrected chi connectivity index (χ2v) is 5.69. The van der Waals surface area contributed by atoms with Crippen LogP contribution in [0.3, 0.4) is 0 Å². The Morgan fingerprint density at radius 3 is 2.78 bits per heavy atom. The van der Waals surface area contributed by atoms with Gasteiger partial charge in [-0.3, -0.25) is 4.79 Å². The fraction of sp³-hybridized carbons (Fsp3) is 0.667. The van der Waals surface area contributed by atoms with Crippen LogP contribution in [0.1, 0.15) is 43.5 Å². The van der Waals surface area contributed by atoms with E-state index in [-0.39, 0.29) is 18.5 Å². The summed E-state index contributed by atoms with van der Waals surface area (Å²) in [6.07, 6.45) is 7.39. The second-order valence-electron chi connectivity index (χ2n) is 5.69. The van der Waals surface area contributed by atoms with Gasteiger partial charge in [0.15, 0.2) is 5.78 Å². The number of hydrogen-bond acceptors (Lipinski definition) is 2. The first-order chi connectivity index (χ1) is 8.56. The zero-order valence-corrected chi connectivity index (χ0v) is 11.6. The summed E-state index contributed by atoms with van der Waals surface area (Å²) in [4.78, 5) is 11.9. The summed E-state index contributed by atoms with van der Waals surface area (Å²) >= 11 is 0. The molecule has 3 heteroatoms. The molecule has 0 saturated heterocycles. The third-order valence-corrected chi connectivity index (χ3v) is 4.15. The number of rotatable bonds is 4. The Morgan fingerprint density at radius 2 is 2.17 bits per heavy atom. The molecule has 1 aliphatic carbocycles. The Kier molecular flexibility index (Phi) is 4.23. The normalized spacial score (nSPS) is 28.3. The molecule has 0 aliphatic heterocycles. The Balaban J connectivity index is 1.80. The lowest BCUT2D eigenvalue weighted by Gasteiger charge is -2.31. The minimum absolute atomic E-state index is 0.0851. The van der Waals surface area contributed by atoms with Crippen LogP contribution in [0.25, 0.3) is 0 Å².